The summed E-state index contributed by atoms with van der Waals surface area (Å²) in [4.78, 5) is 27.0. The molecule has 1 aromatic rings. The van der Waals surface area contributed by atoms with E-state index < -0.39 is 0 Å². The lowest BCUT2D eigenvalue weighted by atomic mass is 9.96. The Bertz CT molecular complexity index is 646. The van der Waals surface area contributed by atoms with E-state index in [1.165, 1.54) is 0 Å². The van der Waals surface area contributed by atoms with Gasteiger partial charge in [-0.1, -0.05) is 13.3 Å². The van der Waals surface area contributed by atoms with Crippen LogP contribution in [-0.4, -0.2) is 42.6 Å². The molecule has 25 heavy (non-hydrogen) atoms. The molecule has 0 aromatic heterocycles. The van der Waals surface area contributed by atoms with Crippen molar-refractivity contribution in [3.63, 3.8) is 0 Å². The van der Waals surface area contributed by atoms with Crippen LogP contribution >= 0.6 is 0 Å². The van der Waals surface area contributed by atoms with E-state index in [1.54, 1.807) is 23.1 Å². The van der Waals surface area contributed by atoms with Crippen molar-refractivity contribution < 1.29 is 19.1 Å². The average Bonchev–Trinajstić information content (AvgIpc) is 3.09. The highest BCUT2D eigenvalue weighted by molar-refractivity contribution is 5.95. The van der Waals surface area contributed by atoms with Gasteiger partial charge in [0.15, 0.2) is 11.5 Å². The summed E-state index contributed by atoms with van der Waals surface area (Å²) in [5.74, 6) is 1.13. The number of fused-ring (bicyclic) bond motifs is 1. The third-order valence-corrected chi connectivity index (χ3v) is 4.81. The van der Waals surface area contributed by atoms with Crippen LogP contribution in [0, 0.1) is 5.92 Å². The van der Waals surface area contributed by atoms with Crippen LogP contribution in [0.4, 0.5) is 0 Å². The number of amides is 2. The predicted molar refractivity (Wildman–Crippen MR) is 93.7 cm³/mol. The molecular formula is C19H26N2O4. The lowest BCUT2D eigenvalue weighted by Crippen LogP contribution is -2.47. The van der Waals surface area contributed by atoms with Gasteiger partial charge in [-0.2, -0.15) is 0 Å². The number of piperidine rings is 1. The van der Waals surface area contributed by atoms with Gasteiger partial charge in [0.25, 0.3) is 5.91 Å². The second-order valence-corrected chi connectivity index (χ2v) is 6.86. The highest BCUT2D eigenvalue weighted by Gasteiger charge is 2.30. The monoisotopic (exact) mass is 346 g/mol. The Hall–Kier alpha value is -2.24. The highest BCUT2D eigenvalue weighted by atomic mass is 16.7. The summed E-state index contributed by atoms with van der Waals surface area (Å²) in [7, 11) is 0. The molecule has 0 radical (unpaired) electrons. The standard InChI is InChI=1S/C19H26N2O4/c1-3-5-13(2)20-18(22)15-6-4-9-21(11-15)19(23)14-7-8-16-17(10-14)25-12-24-16/h7-8,10,13,15H,3-6,9,11-12H2,1-2H3,(H,20,22)/t13-,15+/m0/s1. The smallest absolute Gasteiger partial charge is 0.254 e. The minimum atomic E-state index is -0.133. The minimum absolute atomic E-state index is 0.0580. The Morgan fingerprint density at radius 2 is 2.12 bits per heavy atom. The van der Waals surface area contributed by atoms with Crippen LogP contribution in [0.5, 0.6) is 11.5 Å². The first kappa shape index (κ1) is 17.6. The number of benzene rings is 1. The molecule has 6 heteroatoms. The molecule has 0 bridgehead atoms. The molecule has 1 fully saturated rings. The fraction of sp³-hybridized carbons (Fsp3) is 0.579. The zero-order valence-corrected chi connectivity index (χ0v) is 14.9. The number of nitrogens with one attached hydrogen (secondary N) is 1. The quantitative estimate of drug-likeness (QED) is 0.890. The van der Waals surface area contributed by atoms with Crippen LogP contribution in [0.3, 0.4) is 0 Å². The van der Waals surface area contributed by atoms with Gasteiger partial charge >= 0.3 is 0 Å². The Morgan fingerprint density at radius 3 is 2.92 bits per heavy atom. The van der Waals surface area contributed by atoms with Gasteiger partial charge in [-0.25, -0.2) is 0 Å². The van der Waals surface area contributed by atoms with Crippen LogP contribution in [-0.2, 0) is 4.79 Å². The molecule has 1 saturated heterocycles. The van der Waals surface area contributed by atoms with Crippen molar-refractivity contribution in [1.82, 2.24) is 10.2 Å². The van der Waals surface area contributed by atoms with Crippen molar-refractivity contribution in [2.24, 2.45) is 5.92 Å². The predicted octanol–water partition coefficient (Wildman–Crippen LogP) is 2.57. The van der Waals surface area contributed by atoms with E-state index in [4.69, 9.17) is 9.47 Å². The molecule has 2 atom stereocenters. The summed E-state index contributed by atoms with van der Waals surface area (Å²) < 4.78 is 10.6. The SMILES string of the molecule is CCC[C@H](C)NC(=O)[C@@H]1CCCN(C(=O)c2ccc3c(c2)OCO3)C1. The molecule has 3 rings (SSSR count). The highest BCUT2D eigenvalue weighted by Crippen LogP contribution is 2.33. The summed E-state index contributed by atoms with van der Waals surface area (Å²) >= 11 is 0. The zero-order valence-electron chi connectivity index (χ0n) is 14.9. The summed E-state index contributed by atoms with van der Waals surface area (Å²) in [6, 6.07) is 5.41. The normalized spacial score (nSPS) is 20.2. The van der Waals surface area contributed by atoms with Crippen molar-refractivity contribution >= 4 is 11.8 Å². The number of likely N-dealkylation sites (tertiary alicyclic amines) is 1. The molecule has 2 amide bonds. The second-order valence-electron chi connectivity index (χ2n) is 6.86. The Morgan fingerprint density at radius 1 is 1.32 bits per heavy atom. The second kappa shape index (κ2) is 7.76. The number of ether oxygens (including phenoxy) is 2. The molecule has 6 nitrogen and oxygen atoms in total. The molecule has 0 spiro atoms. The van der Waals surface area contributed by atoms with Gasteiger partial charge in [-0.3, -0.25) is 9.59 Å². The van der Waals surface area contributed by atoms with Crippen molar-refractivity contribution in [1.29, 1.82) is 0 Å². The molecule has 1 aromatic carbocycles. The van der Waals surface area contributed by atoms with Crippen LogP contribution in [0.2, 0.25) is 0 Å². The molecule has 0 saturated carbocycles. The van der Waals surface area contributed by atoms with Crippen molar-refractivity contribution in [2.45, 2.75) is 45.6 Å². The van der Waals surface area contributed by atoms with E-state index in [2.05, 4.69) is 12.2 Å². The topological polar surface area (TPSA) is 67.9 Å². The molecule has 2 aliphatic rings. The summed E-state index contributed by atoms with van der Waals surface area (Å²) in [6.45, 7) is 5.48. The van der Waals surface area contributed by atoms with Gasteiger partial charge in [-0.15, -0.1) is 0 Å². The first-order chi connectivity index (χ1) is 12.1. The zero-order chi connectivity index (χ0) is 17.8. The Balaban J connectivity index is 1.62. The minimum Gasteiger partial charge on any atom is -0.454 e. The number of nitrogens with zero attached hydrogens (tertiary/aromatic N) is 1. The van der Waals surface area contributed by atoms with E-state index in [1.807, 2.05) is 6.92 Å². The Kier molecular flexibility index (Phi) is 5.46. The molecule has 0 aliphatic carbocycles. The number of carbonyl (C=O) groups is 2. The van der Waals surface area contributed by atoms with Crippen LogP contribution < -0.4 is 14.8 Å². The molecule has 2 aliphatic heterocycles. The number of hydrogen-bond donors (Lipinski definition) is 1. The van der Waals surface area contributed by atoms with Gasteiger partial charge in [0.2, 0.25) is 12.7 Å². The maximum Gasteiger partial charge on any atom is 0.254 e. The fourth-order valence-corrected chi connectivity index (χ4v) is 3.45. The van der Waals surface area contributed by atoms with Crippen molar-refractivity contribution in [3.8, 4) is 11.5 Å². The average molecular weight is 346 g/mol. The van der Waals surface area contributed by atoms with Gasteiger partial charge in [-0.05, 0) is 44.4 Å². The third kappa shape index (κ3) is 4.06. The lowest BCUT2D eigenvalue weighted by Gasteiger charge is -2.32. The molecule has 2 heterocycles. The van der Waals surface area contributed by atoms with Gasteiger partial charge < -0.3 is 19.7 Å². The molecule has 136 valence electrons. The third-order valence-electron chi connectivity index (χ3n) is 4.81. The maximum atomic E-state index is 12.8. The lowest BCUT2D eigenvalue weighted by molar-refractivity contribution is -0.127. The largest absolute Gasteiger partial charge is 0.454 e. The van der Waals surface area contributed by atoms with E-state index in [9.17, 15) is 9.59 Å². The van der Waals surface area contributed by atoms with E-state index in [-0.39, 0.29) is 30.6 Å². The van der Waals surface area contributed by atoms with Gasteiger partial charge in [0.05, 0.1) is 5.92 Å². The number of carbonyl (C=O) groups excluding carboxylic acids is 2. The number of hydrogen-bond acceptors (Lipinski definition) is 4. The summed E-state index contributed by atoms with van der Waals surface area (Å²) in [6.07, 6.45) is 3.69. The fourth-order valence-electron chi connectivity index (χ4n) is 3.45. The molecule has 1 N–H and O–H groups in total. The summed E-state index contributed by atoms with van der Waals surface area (Å²) in [5, 5.41) is 3.07. The van der Waals surface area contributed by atoms with Gasteiger partial charge in [0, 0.05) is 24.7 Å². The molecule has 0 unspecified atom stereocenters. The maximum absolute atomic E-state index is 12.8. The van der Waals surface area contributed by atoms with Crippen molar-refractivity contribution in [3.05, 3.63) is 23.8 Å². The first-order valence-electron chi connectivity index (χ1n) is 9.07. The van der Waals surface area contributed by atoms with Crippen LogP contribution in [0.15, 0.2) is 18.2 Å². The van der Waals surface area contributed by atoms with Crippen LogP contribution in [0.25, 0.3) is 0 Å². The van der Waals surface area contributed by atoms with Crippen molar-refractivity contribution in [2.75, 3.05) is 19.9 Å². The van der Waals surface area contributed by atoms with Gasteiger partial charge in [0.1, 0.15) is 0 Å². The Labute approximate surface area is 148 Å². The number of rotatable bonds is 5. The van der Waals surface area contributed by atoms with E-state index in [0.717, 1.165) is 25.7 Å². The van der Waals surface area contributed by atoms with E-state index >= 15 is 0 Å². The van der Waals surface area contributed by atoms with Crippen LogP contribution in [0.1, 0.15) is 49.9 Å². The summed E-state index contributed by atoms with van der Waals surface area (Å²) in [5.41, 5.74) is 0.574. The molecular weight excluding hydrogens is 320 g/mol. The van der Waals surface area contributed by atoms with E-state index in [0.29, 0.717) is 30.2 Å². The first-order valence-corrected chi connectivity index (χ1v) is 9.07.